The lowest BCUT2D eigenvalue weighted by Gasteiger charge is -2.19. The molecule has 1 aromatic heterocycles. The quantitative estimate of drug-likeness (QED) is 0.730. The molecular weight excluding hydrogens is 260 g/mol. The third kappa shape index (κ3) is 2.99. The molecule has 108 valence electrons. The number of rotatable bonds is 5. The molecule has 1 heterocycles. The lowest BCUT2D eigenvalue weighted by molar-refractivity contribution is 0.652. The highest BCUT2D eigenvalue weighted by atomic mass is 15.1. The number of aryl methyl sites for hydroxylation is 1. The van der Waals surface area contributed by atoms with Crippen LogP contribution in [0.5, 0.6) is 0 Å². The summed E-state index contributed by atoms with van der Waals surface area (Å²) in [7, 11) is 2.13. The van der Waals surface area contributed by atoms with Gasteiger partial charge in [0.15, 0.2) is 0 Å². The van der Waals surface area contributed by atoms with Gasteiger partial charge in [0.1, 0.15) is 0 Å². The molecule has 0 saturated heterocycles. The number of imidazole rings is 1. The van der Waals surface area contributed by atoms with E-state index in [1.807, 2.05) is 30.6 Å². The molecule has 0 unspecified atom stereocenters. The smallest absolute Gasteiger partial charge is 0.0958 e. The molecule has 3 aromatic rings. The molecule has 2 N–H and O–H groups in total. The summed E-state index contributed by atoms with van der Waals surface area (Å²) in [5.74, 6) is 0. The Morgan fingerprint density at radius 1 is 1.14 bits per heavy atom. The van der Waals surface area contributed by atoms with Gasteiger partial charge in [-0.3, -0.25) is 0 Å². The molecular formula is C17H20N4. The lowest BCUT2D eigenvalue weighted by atomic mass is 10.2. The third-order valence-corrected chi connectivity index (χ3v) is 3.73. The molecule has 0 spiro atoms. The number of nitrogens with zero attached hydrogens (tertiary/aromatic N) is 3. The van der Waals surface area contributed by atoms with Crippen LogP contribution in [0.15, 0.2) is 54.9 Å². The van der Waals surface area contributed by atoms with Gasteiger partial charge in [-0.1, -0.05) is 18.2 Å². The maximum Gasteiger partial charge on any atom is 0.0958 e. The molecule has 3 rings (SSSR count). The first-order chi connectivity index (χ1) is 10.2. The zero-order valence-electron chi connectivity index (χ0n) is 12.2. The maximum atomic E-state index is 5.78. The van der Waals surface area contributed by atoms with Crippen molar-refractivity contribution in [3.63, 3.8) is 0 Å². The summed E-state index contributed by atoms with van der Waals surface area (Å²) in [5.41, 5.74) is 9.90. The molecule has 0 aliphatic heterocycles. The Balaban J connectivity index is 1.62. The third-order valence-electron chi connectivity index (χ3n) is 3.73. The number of aromatic nitrogens is 2. The maximum absolute atomic E-state index is 5.78. The summed E-state index contributed by atoms with van der Waals surface area (Å²) >= 11 is 0. The molecule has 0 saturated carbocycles. The van der Waals surface area contributed by atoms with Crippen LogP contribution in [0.3, 0.4) is 0 Å². The average molecular weight is 280 g/mol. The first kappa shape index (κ1) is 13.5. The largest absolute Gasteiger partial charge is 0.399 e. The van der Waals surface area contributed by atoms with Gasteiger partial charge in [0, 0.05) is 31.5 Å². The van der Waals surface area contributed by atoms with Crippen molar-refractivity contribution in [1.82, 2.24) is 9.55 Å². The van der Waals surface area contributed by atoms with Crippen molar-refractivity contribution in [2.45, 2.75) is 13.0 Å². The van der Waals surface area contributed by atoms with E-state index < -0.39 is 0 Å². The van der Waals surface area contributed by atoms with Crippen LogP contribution < -0.4 is 10.6 Å². The summed E-state index contributed by atoms with van der Waals surface area (Å²) in [5, 5.41) is 0. The molecule has 0 aliphatic rings. The van der Waals surface area contributed by atoms with E-state index in [1.54, 1.807) is 0 Å². The number of anilines is 2. The van der Waals surface area contributed by atoms with E-state index in [0.29, 0.717) is 0 Å². The van der Waals surface area contributed by atoms with Crippen LogP contribution in [0.1, 0.15) is 6.42 Å². The average Bonchev–Trinajstić information content (AvgIpc) is 2.90. The number of benzene rings is 2. The van der Waals surface area contributed by atoms with Gasteiger partial charge in [-0.25, -0.2) is 4.98 Å². The first-order valence-electron chi connectivity index (χ1n) is 7.20. The van der Waals surface area contributed by atoms with E-state index in [1.165, 1.54) is 5.69 Å². The normalized spacial score (nSPS) is 10.9. The minimum absolute atomic E-state index is 0.761. The fourth-order valence-corrected chi connectivity index (χ4v) is 2.55. The van der Waals surface area contributed by atoms with Crippen molar-refractivity contribution < 1.29 is 0 Å². The van der Waals surface area contributed by atoms with Crippen LogP contribution in [-0.4, -0.2) is 23.1 Å². The number of nitrogens with two attached hydrogens (primary N) is 1. The Hall–Kier alpha value is -2.49. The molecule has 0 aliphatic carbocycles. The molecule has 2 aromatic carbocycles. The second-order valence-electron chi connectivity index (χ2n) is 5.30. The number of hydrogen-bond donors (Lipinski definition) is 1. The Labute approximate surface area is 124 Å². The monoisotopic (exact) mass is 280 g/mol. The Bertz CT molecular complexity index is 718. The Morgan fingerprint density at radius 3 is 2.76 bits per heavy atom. The van der Waals surface area contributed by atoms with Gasteiger partial charge in [0.25, 0.3) is 0 Å². The van der Waals surface area contributed by atoms with Crippen molar-refractivity contribution in [3.05, 3.63) is 54.9 Å². The second kappa shape index (κ2) is 5.87. The molecule has 0 fully saturated rings. The van der Waals surface area contributed by atoms with E-state index >= 15 is 0 Å². The molecule has 4 nitrogen and oxygen atoms in total. The summed E-state index contributed by atoms with van der Waals surface area (Å²) < 4.78 is 2.19. The van der Waals surface area contributed by atoms with E-state index in [2.05, 4.69) is 45.8 Å². The number of nitrogen functional groups attached to an aromatic ring is 1. The van der Waals surface area contributed by atoms with Gasteiger partial charge < -0.3 is 15.2 Å². The van der Waals surface area contributed by atoms with E-state index in [9.17, 15) is 0 Å². The molecule has 21 heavy (non-hydrogen) atoms. The van der Waals surface area contributed by atoms with E-state index in [4.69, 9.17) is 5.73 Å². The fourth-order valence-electron chi connectivity index (χ4n) is 2.55. The highest BCUT2D eigenvalue weighted by Gasteiger charge is 2.04. The summed E-state index contributed by atoms with van der Waals surface area (Å²) in [6, 6.07) is 16.3. The Morgan fingerprint density at radius 2 is 1.95 bits per heavy atom. The summed E-state index contributed by atoms with van der Waals surface area (Å²) in [6.45, 7) is 1.97. The highest BCUT2D eigenvalue weighted by Crippen LogP contribution is 2.17. The minimum atomic E-state index is 0.761. The number of hydrogen-bond acceptors (Lipinski definition) is 3. The second-order valence-corrected chi connectivity index (χ2v) is 5.30. The Kier molecular flexibility index (Phi) is 3.77. The van der Waals surface area contributed by atoms with Gasteiger partial charge in [0.2, 0.25) is 0 Å². The van der Waals surface area contributed by atoms with Crippen molar-refractivity contribution in [2.75, 3.05) is 24.2 Å². The molecule has 0 bridgehead atoms. The van der Waals surface area contributed by atoms with Crippen molar-refractivity contribution in [1.29, 1.82) is 0 Å². The predicted molar refractivity (Wildman–Crippen MR) is 88.5 cm³/mol. The van der Waals surface area contributed by atoms with Crippen molar-refractivity contribution in [2.24, 2.45) is 0 Å². The van der Waals surface area contributed by atoms with Crippen molar-refractivity contribution in [3.8, 4) is 0 Å². The standard InChI is InChI=1S/C17H20N4/c1-20(15-6-3-2-4-7-15)10-5-11-21-13-19-16-12-14(18)8-9-17(16)21/h2-4,6-9,12-13H,5,10-11,18H2,1H3. The first-order valence-corrected chi connectivity index (χ1v) is 7.20. The lowest BCUT2D eigenvalue weighted by Crippen LogP contribution is -2.19. The van der Waals surface area contributed by atoms with Crippen LogP contribution in [0.4, 0.5) is 11.4 Å². The summed E-state index contributed by atoms with van der Waals surface area (Å²) in [6.07, 6.45) is 2.97. The molecule has 0 radical (unpaired) electrons. The van der Waals surface area contributed by atoms with Crippen LogP contribution in [0.2, 0.25) is 0 Å². The van der Waals surface area contributed by atoms with Crippen molar-refractivity contribution >= 4 is 22.4 Å². The molecule has 4 heteroatoms. The molecule has 0 amide bonds. The van der Waals surface area contributed by atoms with Crippen LogP contribution in [-0.2, 0) is 6.54 Å². The zero-order valence-corrected chi connectivity index (χ0v) is 12.2. The number of para-hydroxylation sites is 1. The van der Waals surface area contributed by atoms with Gasteiger partial charge in [0.05, 0.1) is 17.4 Å². The highest BCUT2D eigenvalue weighted by molar-refractivity contribution is 5.78. The topological polar surface area (TPSA) is 47.1 Å². The van der Waals surface area contributed by atoms with Gasteiger partial charge >= 0.3 is 0 Å². The predicted octanol–water partition coefficient (Wildman–Crippen LogP) is 3.15. The SMILES string of the molecule is CN(CCCn1cnc2cc(N)ccc21)c1ccccc1. The minimum Gasteiger partial charge on any atom is -0.399 e. The molecule has 0 atom stereocenters. The summed E-state index contributed by atoms with van der Waals surface area (Å²) in [4.78, 5) is 6.68. The zero-order chi connectivity index (χ0) is 14.7. The van der Waals surface area contributed by atoms with Gasteiger partial charge in [-0.2, -0.15) is 0 Å². The number of fused-ring (bicyclic) bond motifs is 1. The van der Waals surface area contributed by atoms with Crippen LogP contribution >= 0.6 is 0 Å². The van der Waals surface area contributed by atoms with Gasteiger partial charge in [-0.05, 0) is 36.8 Å². The van der Waals surface area contributed by atoms with Crippen LogP contribution in [0, 0.1) is 0 Å². The van der Waals surface area contributed by atoms with E-state index in [-0.39, 0.29) is 0 Å². The van der Waals surface area contributed by atoms with Crippen LogP contribution in [0.25, 0.3) is 11.0 Å². The fraction of sp³-hybridized carbons (Fsp3) is 0.235. The van der Waals surface area contributed by atoms with E-state index in [0.717, 1.165) is 36.2 Å². The van der Waals surface area contributed by atoms with Gasteiger partial charge in [-0.15, -0.1) is 0 Å².